The van der Waals surface area contributed by atoms with Gasteiger partial charge in [0, 0.05) is 0 Å². The third-order valence-electron chi connectivity index (χ3n) is 0.974. The molecule has 12 heavy (non-hydrogen) atoms. The monoisotopic (exact) mass is 226 g/mol. The van der Waals surface area contributed by atoms with E-state index in [0.717, 1.165) is 0 Å². The van der Waals surface area contributed by atoms with Gasteiger partial charge in [-0.2, -0.15) is 0 Å². The molecule has 7 heteroatoms. The maximum Gasteiger partial charge on any atom is 0.357 e. The van der Waals surface area contributed by atoms with Crippen molar-refractivity contribution in [3.63, 3.8) is 0 Å². The van der Waals surface area contributed by atoms with Gasteiger partial charge >= 0.3 is 5.97 Å². The van der Waals surface area contributed by atoms with Gasteiger partial charge in [-0.05, 0) is 0 Å². The molecule has 0 radical (unpaired) electrons. The first kappa shape index (κ1) is 9.51. The number of carbonyl (C=O) groups is 1. The summed E-state index contributed by atoms with van der Waals surface area (Å²) in [7, 11) is 0. The van der Waals surface area contributed by atoms with Crippen LogP contribution in [-0.2, 0) is 0 Å². The van der Waals surface area contributed by atoms with E-state index in [1.807, 2.05) is 0 Å². The van der Waals surface area contributed by atoms with Crippen LogP contribution in [0, 0.1) is 0 Å². The first-order valence-corrected chi connectivity index (χ1v) is 3.77. The highest BCUT2D eigenvalue weighted by Crippen LogP contribution is 2.21. The Balaban J connectivity index is 3.33. The largest absolute Gasteiger partial charge is 0.476 e. The average molecular weight is 227 g/mol. The molecule has 0 unspecified atom stereocenters. The molecule has 0 saturated heterocycles. The Labute approximate surface area is 82.1 Å². The molecule has 0 aliphatic heterocycles. The molecule has 1 N–H and O–H groups in total. The topological polar surface area (TPSA) is 63.1 Å². The molecule has 0 aromatic carbocycles. The minimum atomic E-state index is -1.30. The Bertz CT molecular complexity index is 342. The second kappa shape index (κ2) is 3.43. The summed E-state index contributed by atoms with van der Waals surface area (Å²) in [5.74, 6) is -1.30. The van der Waals surface area contributed by atoms with E-state index >= 15 is 0 Å². The Morgan fingerprint density at radius 3 is 2.08 bits per heavy atom. The lowest BCUT2D eigenvalue weighted by Gasteiger charge is -1.98. The van der Waals surface area contributed by atoms with Crippen LogP contribution >= 0.6 is 34.8 Å². The molecule has 0 saturated carbocycles. The molecule has 1 heterocycles. The van der Waals surface area contributed by atoms with Crippen molar-refractivity contribution in [3.05, 3.63) is 21.2 Å². The molecule has 0 bridgehead atoms. The van der Waals surface area contributed by atoms with Crippen LogP contribution in [0.15, 0.2) is 0 Å². The number of aromatic nitrogens is 2. The molecule has 0 aliphatic carbocycles. The smallest absolute Gasteiger partial charge is 0.357 e. The van der Waals surface area contributed by atoms with Crippen molar-refractivity contribution in [1.82, 2.24) is 9.97 Å². The van der Waals surface area contributed by atoms with Gasteiger partial charge in [-0.1, -0.05) is 34.8 Å². The minimum absolute atomic E-state index is 0.119. The van der Waals surface area contributed by atoms with Crippen molar-refractivity contribution in [2.75, 3.05) is 0 Å². The van der Waals surface area contributed by atoms with Gasteiger partial charge in [0.1, 0.15) is 0 Å². The third-order valence-corrected chi connectivity index (χ3v) is 1.86. The van der Waals surface area contributed by atoms with E-state index in [9.17, 15) is 4.79 Å². The number of aromatic carboxylic acids is 1. The summed E-state index contributed by atoms with van der Waals surface area (Å²) in [5, 5.41) is 7.91. The molecule has 0 fully saturated rings. The lowest BCUT2D eigenvalue weighted by Crippen LogP contribution is -2.03. The summed E-state index contributed by atoms with van der Waals surface area (Å²) in [6, 6.07) is 0. The summed E-state index contributed by atoms with van der Waals surface area (Å²) in [4.78, 5) is 17.3. The van der Waals surface area contributed by atoms with Crippen LogP contribution in [-0.4, -0.2) is 21.0 Å². The van der Waals surface area contributed by atoms with E-state index in [0.29, 0.717) is 0 Å². The van der Waals surface area contributed by atoms with Crippen molar-refractivity contribution in [2.24, 2.45) is 0 Å². The van der Waals surface area contributed by atoms with Crippen LogP contribution < -0.4 is 0 Å². The summed E-state index contributed by atoms with van der Waals surface area (Å²) in [6.07, 6.45) is 0. The van der Waals surface area contributed by atoms with E-state index in [1.165, 1.54) is 0 Å². The average Bonchev–Trinajstić information content (AvgIpc) is 1.96. The number of carboxylic acid groups (broad SMARTS) is 1. The van der Waals surface area contributed by atoms with Crippen LogP contribution in [0.25, 0.3) is 0 Å². The highest BCUT2D eigenvalue weighted by Gasteiger charge is 2.14. The predicted octanol–water partition coefficient (Wildman–Crippen LogP) is 2.13. The van der Waals surface area contributed by atoms with Gasteiger partial charge in [-0.25, -0.2) is 14.8 Å². The number of nitrogens with zero attached hydrogens (tertiary/aromatic N) is 2. The summed E-state index contributed by atoms with van der Waals surface area (Å²) in [5.41, 5.74) is -0.411. The van der Waals surface area contributed by atoms with Gasteiger partial charge in [-0.15, -0.1) is 0 Å². The lowest BCUT2D eigenvalue weighted by molar-refractivity contribution is 0.0690. The molecule has 1 aromatic heterocycles. The molecule has 0 atom stereocenters. The van der Waals surface area contributed by atoms with Crippen molar-refractivity contribution >= 4 is 40.8 Å². The zero-order valence-corrected chi connectivity index (χ0v) is 7.65. The minimum Gasteiger partial charge on any atom is -0.476 e. The van der Waals surface area contributed by atoms with Crippen LogP contribution in [0.3, 0.4) is 0 Å². The van der Waals surface area contributed by atoms with Gasteiger partial charge in [-0.3, -0.25) is 0 Å². The number of carboxylic acids is 1. The first-order chi connectivity index (χ1) is 5.52. The van der Waals surface area contributed by atoms with Crippen LogP contribution in [0.2, 0.25) is 15.5 Å². The maximum atomic E-state index is 10.4. The lowest BCUT2D eigenvalue weighted by atomic mass is 10.5. The fourth-order valence-electron chi connectivity index (χ4n) is 0.512. The zero-order valence-electron chi connectivity index (χ0n) is 5.38. The second-order valence-corrected chi connectivity index (χ2v) is 2.82. The Hall–Kier alpha value is -0.580. The first-order valence-electron chi connectivity index (χ1n) is 2.64. The Morgan fingerprint density at radius 1 is 1.08 bits per heavy atom. The quantitative estimate of drug-likeness (QED) is 0.798. The molecular formula is C5HCl3N2O2. The molecule has 0 amide bonds. The normalized spacial score (nSPS) is 9.92. The fraction of sp³-hybridized carbons (Fsp3) is 0. The zero-order chi connectivity index (χ0) is 9.30. The molecule has 0 aliphatic rings. The SMILES string of the molecule is O=C(O)c1nc(Cl)c(Cl)nc1Cl. The van der Waals surface area contributed by atoms with Gasteiger partial charge in [0.15, 0.2) is 21.2 Å². The van der Waals surface area contributed by atoms with Gasteiger partial charge in [0.05, 0.1) is 0 Å². The number of halogens is 3. The molecular weight excluding hydrogens is 226 g/mol. The highest BCUT2D eigenvalue weighted by molar-refractivity contribution is 6.41. The van der Waals surface area contributed by atoms with E-state index in [-0.39, 0.29) is 15.5 Å². The Morgan fingerprint density at radius 2 is 1.58 bits per heavy atom. The summed E-state index contributed by atoms with van der Waals surface area (Å²) >= 11 is 16.2. The second-order valence-electron chi connectivity index (χ2n) is 1.75. The van der Waals surface area contributed by atoms with Gasteiger partial charge in [0.2, 0.25) is 0 Å². The number of hydrogen-bond acceptors (Lipinski definition) is 3. The van der Waals surface area contributed by atoms with Crippen molar-refractivity contribution in [2.45, 2.75) is 0 Å². The summed E-state index contributed by atoms with van der Waals surface area (Å²) in [6.45, 7) is 0. The third kappa shape index (κ3) is 1.77. The molecule has 4 nitrogen and oxygen atoms in total. The van der Waals surface area contributed by atoms with Crippen molar-refractivity contribution in [1.29, 1.82) is 0 Å². The molecule has 0 spiro atoms. The van der Waals surface area contributed by atoms with Crippen LogP contribution in [0.1, 0.15) is 10.5 Å². The molecule has 64 valence electrons. The van der Waals surface area contributed by atoms with E-state index in [2.05, 4.69) is 9.97 Å². The number of hydrogen-bond donors (Lipinski definition) is 1. The predicted molar refractivity (Wildman–Crippen MR) is 44.0 cm³/mol. The van der Waals surface area contributed by atoms with Crippen LogP contribution in [0.5, 0.6) is 0 Å². The van der Waals surface area contributed by atoms with Crippen LogP contribution in [0.4, 0.5) is 0 Å². The fourth-order valence-corrected chi connectivity index (χ4v) is 1.02. The molecule has 1 aromatic rings. The van der Waals surface area contributed by atoms with E-state index in [4.69, 9.17) is 39.9 Å². The Kier molecular flexibility index (Phi) is 2.72. The van der Waals surface area contributed by atoms with Gasteiger partial charge < -0.3 is 5.11 Å². The van der Waals surface area contributed by atoms with E-state index < -0.39 is 11.7 Å². The summed E-state index contributed by atoms with van der Waals surface area (Å²) < 4.78 is 0. The van der Waals surface area contributed by atoms with Crippen molar-refractivity contribution < 1.29 is 9.90 Å². The maximum absolute atomic E-state index is 10.4. The highest BCUT2D eigenvalue weighted by atomic mass is 35.5. The van der Waals surface area contributed by atoms with Gasteiger partial charge in [0.25, 0.3) is 0 Å². The number of rotatable bonds is 1. The van der Waals surface area contributed by atoms with Crippen molar-refractivity contribution in [3.8, 4) is 0 Å². The van der Waals surface area contributed by atoms with E-state index in [1.54, 1.807) is 0 Å². The molecule has 1 rings (SSSR count). The standard InChI is InChI=1S/C5HCl3N2O2/c6-2-1(5(11)12)9-3(7)4(8)10-2/h(H,11,12).